The standard InChI is InChI=1S/C10H12ClN3S/c1-14-7-13-9-8(14)3-5-12-10(9)15-6-2-4-11/h3,5,7H,2,4,6H2,1H3. The van der Waals surface area contributed by atoms with Gasteiger partial charge < -0.3 is 4.57 Å². The van der Waals surface area contributed by atoms with Gasteiger partial charge in [0.25, 0.3) is 0 Å². The molecule has 0 bridgehead atoms. The Morgan fingerprint density at radius 2 is 2.33 bits per heavy atom. The predicted octanol–water partition coefficient (Wildman–Crippen LogP) is 2.69. The molecule has 80 valence electrons. The topological polar surface area (TPSA) is 30.7 Å². The van der Waals surface area contributed by atoms with Gasteiger partial charge in [0.15, 0.2) is 0 Å². The van der Waals surface area contributed by atoms with E-state index in [1.807, 2.05) is 30.2 Å². The van der Waals surface area contributed by atoms with Crippen LogP contribution in [0.3, 0.4) is 0 Å². The van der Waals surface area contributed by atoms with Crippen molar-refractivity contribution in [1.82, 2.24) is 14.5 Å². The van der Waals surface area contributed by atoms with E-state index in [4.69, 9.17) is 11.6 Å². The molecule has 3 nitrogen and oxygen atoms in total. The van der Waals surface area contributed by atoms with Crippen LogP contribution in [0.4, 0.5) is 0 Å². The number of alkyl halides is 1. The molecule has 0 atom stereocenters. The fourth-order valence-electron chi connectivity index (χ4n) is 1.37. The normalized spacial score (nSPS) is 11.1. The number of halogens is 1. The van der Waals surface area contributed by atoms with Crippen LogP contribution in [0.1, 0.15) is 6.42 Å². The van der Waals surface area contributed by atoms with E-state index < -0.39 is 0 Å². The summed E-state index contributed by atoms with van der Waals surface area (Å²) in [5.41, 5.74) is 2.11. The Labute approximate surface area is 97.9 Å². The number of hydrogen-bond donors (Lipinski definition) is 0. The van der Waals surface area contributed by atoms with Crippen molar-refractivity contribution in [2.45, 2.75) is 11.4 Å². The second-order valence-electron chi connectivity index (χ2n) is 3.23. The van der Waals surface area contributed by atoms with E-state index >= 15 is 0 Å². The lowest BCUT2D eigenvalue weighted by atomic mass is 10.4. The van der Waals surface area contributed by atoms with Crippen molar-refractivity contribution in [3.8, 4) is 0 Å². The molecule has 0 saturated carbocycles. The van der Waals surface area contributed by atoms with Gasteiger partial charge in [-0.2, -0.15) is 0 Å². The molecule has 2 rings (SSSR count). The van der Waals surface area contributed by atoms with Crippen LogP contribution in [0.15, 0.2) is 23.6 Å². The van der Waals surface area contributed by atoms with E-state index in [1.165, 1.54) is 0 Å². The van der Waals surface area contributed by atoms with Crippen molar-refractivity contribution in [2.75, 3.05) is 11.6 Å². The summed E-state index contributed by atoms with van der Waals surface area (Å²) in [6.07, 6.45) is 4.64. The third kappa shape index (κ3) is 2.26. The minimum absolute atomic E-state index is 0.700. The van der Waals surface area contributed by atoms with E-state index in [1.54, 1.807) is 11.8 Å². The van der Waals surface area contributed by atoms with Crippen LogP contribution in [0.5, 0.6) is 0 Å². The minimum Gasteiger partial charge on any atom is -0.334 e. The predicted molar refractivity (Wildman–Crippen MR) is 64.6 cm³/mol. The lowest BCUT2D eigenvalue weighted by Gasteiger charge is -2.00. The zero-order valence-corrected chi connectivity index (χ0v) is 10.1. The van der Waals surface area contributed by atoms with E-state index in [0.29, 0.717) is 5.88 Å². The van der Waals surface area contributed by atoms with Gasteiger partial charge in [0.2, 0.25) is 0 Å². The van der Waals surface area contributed by atoms with Gasteiger partial charge in [-0.05, 0) is 12.5 Å². The summed E-state index contributed by atoms with van der Waals surface area (Å²) >= 11 is 7.35. The van der Waals surface area contributed by atoms with Gasteiger partial charge >= 0.3 is 0 Å². The number of hydrogen-bond acceptors (Lipinski definition) is 3. The van der Waals surface area contributed by atoms with Gasteiger partial charge in [-0.25, -0.2) is 9.97 Å². The lowest BCUT2D eigenvalue weighted by Crippen LogP contribution is -1.88. The Hall–Kier alpha value is -0.740. The molecule has 0 aromatic carbocycles. The van der Waals surface area contributed by atoms with Crippen LogP contribution in [0, 0.1) is 0 Å². The molecule has 0 radical (unpaired) electrons. The van der Waals surface area contributed by atoms with Crippen LogP contribution in [-0.2, 0) is 7.05 Å². The highest BCUT2D eigenvalue weighted by Crippen LogP contribution is 2.24. The Kier molecular flexibility index (Phi) is 3.49. The van der Waals surface area contributed by atoms with Gasteiger partial charge in [0.05, 0.1) is 11.8 Å². The molecule has 0 aliphatic rings. The van der Waals surface area contributed by atoms with E-state index in [0.717, 1.165) is 28.2 Å². The highest BCUT2D eigenvalue weighted by atomic mass is 35.5. The van der Waals surface area contributed by atoms with Crippen LogP contribution < -0.4 is 0 Å². The van der Waals surface area contributed by atoms with E-state index in [-0.39, 0.29) is 0 Å². The third-order valence-electron chi connectivity index (χ3n) is 2.13. The van der Waals surface area contributed by atoms with Gasteiger partial charge in [-0.1, -0.05) is 0 Å². The average Bonchev–Trinajstić information content (AvgIpc) is 2.62. The van der Waals surface area contributed by atoms with Crippen molar-refractivity contribution in [1.29, 1.82) is 0 Å². The minimum atomic E-state index is 0.700. The number of aryl methyl sites for hydroxylation is 1. The number of pyridine rings is 1. The number of thioether (sulfide) groups is 1. The summed E-state index contributed by atoms with van der Waals surface area (Å²) in [7, 11) is 1.99. The third-order valence-corrected chi connectivity index (χ3v) is 3.46. The van der Waals surface area contributed by atoms with Crippen molar-refractivity contribution in [3.63, 3.8) is 0 Å². The first-order valence-corrected chi connectivity index (χ1v) is 6.29. The molecule has 2 aromatic heterocycles. The molecule has 0 unspecified atom stereocenters. The van der Waals surface area contributed by atoms with Gasteiger partial charge in [0, 0.05) is 24.9 Å². The number of fused-ring (bicyclic) bond motifs is 1. The average molecular weight is 242 g/mol. The molecule has 0 saturated heterocycles. The highest BCUT2D eigenvalue weighted by molar-refractivity contribution is 7.99. The van der Waals surface area contributed by atoms with E-state index in [9.17, 15) is 0 Å². The van der Waals surface area contributed by atoms with Gasteiger partial charge in [-0.15, -0.1) is 23.4 Å². The molecular formula is C10H12ClN3S. The van der Waals surface area contributed by atoms with Crippen molar-refractivity contribution in [2.24, 2.45) is 7.05 Å². The molecule has 2 aromatic rings. The summed E-state index contributed by atoms with van der Waals surface area (Å²) in [6, 6.07) is 1.98. The van der Waals surface area contributed by atoms with Crippen LogP contribution in [0.2, 0.25) is 0 Å². The molecule has 0 spiro atoms. The smallest absolute Gasteiger partial charge is 0.124 e. The monoisotopic (exact) mass is 241 g/mol. The summed E-state index contributed by atoms with van der Waals surface area (Å²) < 4.78 is 2.00. The Balaban J connectivity index is 2.26. The zero-order chi connectivity index (χ0) is 10.7. The SMILES string of the molecule is Cn1cnc2c(SCCCCl)nccc21. The molecule has 0 aliphatic heterocycles. The quantitative estimate of drug-likeness (QED) is 0.469. The second kappa shape index (κ2) is 4.86. The number of rotatable bonds is 4. The summed E-state index contributed by atoms with van der Waals surface area (Å²) in [5, 5.41) is 0.998. The van der Waals surface area contributed by atoms with Crippen molar-refractivity contribution < 1.29 is 0 Å². The maximum Gasteiger partial charge on any atom is 0.124 e. The molecule has 0 amide bonds. The number of imidazole rings is 1. The van der Waals surface area contributed by atoms with Gasteiger partial charge in [0.1, 0.15) is 10.5 Å². The number of aromatic nitrogens is 3. The summed E-state index contributed by atoms with van der Waals surface area (Å²) in [4.78, 5) is 8.68. The maximum atomic E-state index is 5.64. The van der Waals surface area contributed by atoms with Crippen LogP contribution in [0.25, 0.3) is 11.0 Å². The molecule has 0 aliphatic carbocycles. The zero-order valence-electron chi connectivity index (χ0n) is 8.48. The first-order chi connectivity index (χ1) is 7.33. The molecule has 2 heterocycles. The van der Waals surface area contributed by atoms with Crippen LogP contribution >= 0.6 is 23.4 Å². The molecule has 0 N–H and O–H groups in total. The van der Waals surface area contributed by atoms with Crippen LogP contribution in [-0.4, -0.2) is 26.2 Å². The fraction of sp³-hybridized carbons (Fsp3) is 0.400. The molecule has 0 fully saturated rings. The molecular weight excluding hydrogens is 230 g/mol. The molecule has 15 heavy (non-hydrogen) atoms. The van der Waals surface area contributed by atoms with Crippen molar-refractivity contribution >= 4 is 34.4 Å². The molecule has 5 heteroatoms. The maximum absolute atomic E-state index is 5.64. The highest BCUT2D eigenvalue weighted by Gasteiger charge is 2.06. The first-order valence-electron chi connectivity index (χ1n) is 4.77. The Bertz CT molecular complexity index is 455. The second-order valence-corrected chi connectivity index (χ2v) is 4.69. The number of nitrogens with zero attached hydrogens (tertiary/aromatic N) is 3. The first kappa shape index (κ1) is 10.8. The summed E-state index contributed by atoms with van der Waals surface area (Å²) in [6.45, 7) is 0. The summed E-state index contributed by atoms with van der Waals surface area (Å²) in [5.74, 6) is 1.69. The van der Waals surface area contributed by atoms with Crippen molar-refractivity contribution in [3.05, 3.63) is 18.6 Å². The lowest BCUT2D eigenvalue weighted by molar-refractivity contribution is 0.947. The Morgan fingerprint density at radius 1 is 1.47 bits per heavy atom. The fourth-order valence-corrected chi connectivity index (χ4v) is 2.57. The Morgan fingerprint density at radius 3 is 3.13 bits per heavy atom. The largest absolute Gasteiger partial charge is 0.334 e. The van der Waals surface area contributed by atoms with E-state index in [2.05, 4.69) is 9.97 Å². The van der Waals surface area contributed by atoms with Gasteiger partial charge in [-0.3, -0.25) is 0 Å².